The van der Waals surface area contributed by atoms with Crippen LogP contribution in [0, 0.1) is 0 Å². The van der Waals surface area contributed by atoms with Gasteiger partial charge >= 0.3 is 17.9 Å². The van der Waals surface area contributed by atoms with Gasteiger partial charge in [0.05, 0.1) is 34.4 Å². The summed E-state index contributed by atoms with van der Waals surface area (Å²) in [5.41, 5.74) is 0. The fourth-order valence-electron chi connectivity index (χ4n) is 8.10. The summed E-state index contributed by atoms with van der Waals surface area (Å²) >= 11 is 0. The van der Waals surface area contributed by atoms with E-state index in [4.69, 9.17) is 18.9 Å². The van der Waals surface area contributed by atoms with Crippen molar-refractivity contribution in [3.05, 3.63) is 170 Å². The lowest BCUT2D eigenvalue weighted by Crippen LogP contribution is -2.40. The van der Waals surface area contributed by atoms with Crippen LogP contribution in [0.4, 0.5) is 0 Å². The smallest absolute Gasteiger partial charge is 0.361 e. The van der Waals surface area contributed by atoms with E-state index in [1.54, 1.807) is 0 Å². The molecule has 0 bridgehead atoms. The van der Waals surface area contributed by atoms with Crippen molar-refractivity contribution in [1.29, 1.82) is 0 Å². The third-order valence-corrected chi connectivity index (χ3v) is 13.0. The van der Waals surface area contributed by atoms with E-state index in [9.17, 15) is 19.5 Å². The molecule has 0 heterocycles. The lowest BCUT2D eigenvalue weighted by molar-refractivity contribution is -0.870. The number of aliphatic carboxylic acids is 1. The van der Waals surface area contributed by atoms with E-state index < -0.39 is 30.3 Å². The highest BCUT2D eigenvalue weighted by Crippen LogP contribution is 2.15. The Morgan fingerprint density at radius 3 is 1.00 bits per heavy atom. The first kappa shape index (κ1) is 77.7. The maximum absolute atomic E-state index is 12.9. The molecule has 2 unspecified atom stereocenters. The van der Waals surface area contributed by atoms with Gasteiger partial charge in [0.25, 0.3) is 6.29 Å². The SMILES string of the molecule is CC/C=C\C/C=C\C/C=C\C/C=C\C/C=C\C/C=C\C/C=C\C/C=C\C/C=C\CCCCCCCCCCCCCCCC(=O)OC(COC(=O)CCC/C=C\C/C=C\C/C=C\C/C=C\C/C=C\CC)COC(OCC[N+](C)(C)C)C(=O)O. The fourth-order valence-corrected chi connectivity index (χ4v) is 8.10. The van der Waals surface area contributed by atoms with Crippen LogP contribution in [0.3, 0.4) is 0 Å². The Kier molecular flexibility index (Phi) is 58.6. The lowest BCUT2D eigenvalue weighted by Gasteiger charge is -2.25. The quantitative estimate of drug-likeness (QED) is 0.0211. The Labute approximate surface area is 507 Å². The molecule has 0 fully saturated rings. The van der Waals surface area contributed by atoms with Gasteiger partial charge in [0.1, 0.15) is 13.2 Å². The van der Waals surface area contributed by atoms with Gasteiger partial charge in [-0.2, -0.15) is 0 Å². The number of hydrogen-bond acceptors (Lipinski definition) is 7. The number of hydrogen-bond donors (Lipinski definition) is 1. The standard InChI is InChI=1S/C74H117NO8/c1-6-8-10-12-14-16-18-20-22-24-25-26-27-28-29-30-31-32-33-34-35-36-37-38-39-40-41-42-43-44-45-46-47-49-51-53-55-57-59-61-63-65-72(77)83-70(69-82-74(73(78)79)80-67-66-75(3,4)5)68-81-71(76)64-62-60-58-56-54-52-50-48-23-21-19-17-15-13-11-9-7-2/h8-11,14-17,20-23,25-26,28-29,31-32,34-35,37-38,40-41,50,52,56,58,70,74H,6-7,12-13,18-19,24,27,30,33,36,39,42-49,51,53-55,57,59-69H2,1-5H3/p+1/b10-8-,11-9-,16-14-,17-15-,22-20-,23-21-,26-25-,29-28-,32-31-,35-34-,38-37-,41-40-,52-50-,58-56-. The number of allylic oxidation sites excluding steroid dienone is 28. The van der Waals surface area contributed by atoms with Crippen LogP contribution >= 0.6 is 0 Å². The number of carboxylic acids is 1. The molecule has 0 aromatic carbocycles. The van der Waals surface area contributed by atoms with Crippen LogP contribution < -0.4 is 0 Å². The highest BCUT2D eigenvalue weighted by atomic mass is 16.7. The zero-order valence-electron chi connectivity index (χ0n) is 53.0. The molecule has 1 N–H and O–H groups in total. The second-order valence-corrected chi connectivity index (χ2v) is 22.0. The largest absolute Gasteiger partial charge is 0.477 e. The third kappa shape index (κ3) is 64.1. The summed E-state index contributed by atoms with van der Waals surface area (Å²) in [5, 5.41) is 9.71. The van der Waals surface area contributed by atoms with Gasteiger partial charge in [0, 0.05) is 12.8 Å². The fraction of sp³-hybridized carbons (Fsp3) is 0.581. The van der Waals surface area contributed by atoms with E-state index in [1.165, 1.54) is 64.2 Å². The van der Waals surface area contributed by atoms with E-state index >= 15 is 0 Å². The molecule has 0 rings (SSSR count). The summed E-state index contributed by atoms with van der Waals surface area (Å²) < 4.78 is 22.8. The molecule has 0 spiro atoms. The summed E-state index contributed by atoms with van der Waals surface area (Å²) in [5.74, 6) is -2.10. The number of ether oxygens (including phenoxy) is 4. The van der Waals surface area contributed by atoms with Crippen molar-refractivity contribution in [1.82, 2.24) is 0 Å². The van der Waals surface area contributed by atoms with Crippen LogP contribution in [0.2, 0.25) is 0 Å². The van der Waals surface area contributed by atoms with Crippen LogP contribution in [-0.4, -0.2) is 87.4 Å². The number of nitrogens with zero attached hydrogens (tertiary/aromatic N) is 1. The van der Waals surface area contributed by atoms with Gasteiger partial charge in [-0.05, 0) is 122 Å². The molecule has 9 heteroatoms. The number of esters is 2. The maximum Gasteiger partial charge on any atom is 0.361 e. The molecule has 0 saturated carbocycles. The van der Waals surface area contributed by atoms with Gasteiger partial charge in [0.2, 0.25) is 0 Å². The Balaban J connectivity index is 4.16. The van der Waals surface area contributed by atoms with Crippen molar-refractivity contribution in [3.63, 3.8) is 0 Å². The van der Waals surface area contributed by atoms with Crippen LogP contribution in [-0.2, 0) is 33.3 Å². The number of likely N-dealkylation sites (N-methyl/N-ethyl adjacent to an activating group) is 1. The average molecular weight is 1150 g/mol. The van der Waals surface area contributed by atoms with E-state index in [1.807, 2.05) is 21.1 Å². The molecule has 466 valence electrons. The first-order valence-corrected chi connectivity index (χ1v) is 32.3. The minimum atomic E-state index is -1.53. The van der Waals surface area contributed by atoms with Crippen LogP contribution in [0.1, 0.15) is 219 Å². The summed E-state index contributed by atoms with van der Waals surface area (Å²) in [4.78, 5) is 37.4. The van der Waals surface area contributed by atoms with Gasteiger partial charge in [0.15, 0.2) is 6.10 Å². The highest BCUT2D eigenvalue weighted by molar-refractivity contribution is 5.71. The first-order chi connectivity index (χ1) is 40.6. The molecule has 2 atom stereocenters. The van der Waals surface area contributed by atoms with Gasteiger partial charge in [-0.1, -0.05) is 255 Å². The molecule has 0 aliphatic carbocycles. The molecule has 0 aromatic rings. The van der Waals surface area contributed by atoms with Crippen molar-refractivity contribution in [3.8, 4) is 0 Å². The number of unbranched alkanes of at least 4 members (excludes halogenated alkanes) is 14. The van der Waals surface area contributed by atoms with E-state index in [0.29, 0.717) is 23.9 Å². The number of carbonyl (C=O) groups is 3. The topological polar surface area (TPSA) is 108 Å². The molecule has 9 nitrogen and oxygen atoms in total. The molecule has 0 saturated heterocycles. The van der Waals surface area contributed by atoms with E-state index in [2.05, 4.69) is 184 Å². The summed E-state index contributed by atoms with van der Waals surface area (Å²) in [6.45, 7) is 4.56. The monoisotopic (exact) mass is 1150 g/mol. The Morgan fingerprint density at radius 2 is 0.663 bits per heavy atom. The van der Waals surface area contributed by atoms with Gasteiger partial charge in [-0.3, -0.25) is 9.59 Å². The summed E-state index contributed by atoms with van der Waals surface area (Å²) in [7, 11) is 5.94. The van der Waals surface area contributed by atoms with Crippen molar-refractivity contribution in [2.75, 3.05) is 47.5 Å². The summed E-state index contributed by atoms with van der Waals surface area (Å²) in [6, 6.07) is 0. The molecule has 0 aromatic heterocycles. The predicted octanol–water partition coefficient (Wildman–Crippen LogP) is 19.9. The Bertz CT molecular complexity index is 1960. The molecular formula is C74H118NO8+. The van der Waals surface area contributed by atoms with Gasteiger partial charge in [-0.25, -0.2) is 4.79 Å². The zero-order valence-corrected chi connectivity index (χ0v) is 53.0. The second-order valence-electron chi connectivity index (χ2n) is 22.0. The highest BCUT2D eigenvalue weighted by Gasteiger charge is 2.25. The number of rotatable bonds is 57. The zero-order chi connectivity index (χ0) is 60.5. The molecule has 83 heavy (non-hydrogen) atoms. The number of carboxylic acid groups (broad SMARTS) is 1. The Hall–Kier alpha value is -5.35. The lowest BCUT2D eigenvalue weighted by atomic mass is 10.0. The molecule has 0 amide bonds. The van der Waals surface area contributed by atoms with Gasteiger partial charge in [-0.15, -0.1) is 0 Å². The number of carbonyl (C=O) groups excluding carboxylic acids is 2. The Morgan fingerprint density at radius 1 is 0.361 bits per heavy atom. The number of quaternary nitrogens is 1. The minimum Gasteiger partial charge on any atom is -0.477 e. The van der Waals surface area contributed by atoms with Crippen molar-refractivity contribution in [2.45, 2.75) is 232 Å². The van der Waals surface area contributed by atoms with E-state index in [0.717, 1.165) is 116 Å². The second kappa shape index (κ2) is 62.7. The first-order valence-electron chi connectivity index (χ1n) is 32.3. The van der Waals surface area contributed by atoms with Crippen molar-refractivity contribution in [2.24, 2.45) is 0 Å². The average Bonchev–Trinajstić information content (AvgIpc) is 3.46. The molecule has 0 radical (unpaired) electrons. The predicted molar refractivity (Wildman–Crippen MR) is 354 cm³/mol. The van der Waals surface area contributed by atoms with Crippen LogP contribution in [0.15, 0.2) is 170 Å². The van der Waals surface area contributed by atoms with Crippen LogP contribution in [0.25, 0.3) is 0 Å². The molecule has 0 aliphatic heterocycles. The molecular weight excluding hydrogens is 1030 g/mol. The van der Waals surface area contributed by atoms with Gasteiger partial charge < -0.3 is 28.5 Å². The normalized spacial score (nSPS) is 13.9. The van der Waals surface area contributed by atoms with Crippen molar-refractivity contribution >= 4 is 17.9 Å². The van der Waals surface area contributed by atoms with Crippen molar-refractivity contribution < 1.29 is 42.9 Å². The minimum absolute atomic E-state index is 0.170. The maximum atomic E-state index is 12.9. The summed E-state index contributed by atoms with van der Waals surface area (Å²) in [6.07, 6.45) is 91.8. The molecule has 0 aliphatic rings. The van der Waals surface area contributed by atoms with E-state index in [-0.39, 0.29) is 32.7 Å². The third-order valence-electron chi connectivity index (χ3n) is 13.0. The van der Waals surface area contributed by atoms with Crippen LogP contribution in [0.5, 0.6) is 0 Å².